The summed E-state index contributed by atoms with van der Waals surface area (Å²) in [5.74, 6) is -0.436. The number of benzene rings is 1. The highest BCUT2D eigenvalue weighted by Gasteiger charge is 2.37. The lowest BCUT2D eigenvalue weighted by Crippen LogP contribution is -2.40. The highest BCUT2D eigenvalue weighted by molar-refractivity contribution is 7.91. The van der Waals surface area contributed by atoms with Crippen molar-refractivity contribution in [1.29, 1.82) is 0 Å². The van der Waals surface area contributed by atoms with E-state index in [2.05, 4.69) is 5.32 Å². The Morgan fingerprint density at radius 1 is 1.30 bits per heavy atom. The van der Waals surface area contributed by atoms with Gasteiger partial charge in [-0.15, -0.1) is 22.9 Å². The molecular weight excluding hydrogens is 318 g/mol. The molecule has 1 aromatic heterocycles. The number of rotatable bonds is 2. The van der Waals surface area contributed by atoms with E-state index in [1.54, 1.807) is 5.38 Å². The first kappa shape index (κ1) is 13.9. The van der Waals surface area contributed by atoms with Gasteiger partial charge in [0.2, 0.25) is 0 Å². The van der Waals surface area contributed by atoms with Crippen LogP contribution in [0.25, 0.3) is 10.1 Å². The van der Waals surface area contributed by atoms with Gasteiger partial charge in [-0.1, -0.05) is 18.2 Å². The standard InChI is InChI=1S/C13H12ClNO3S2/c14-10-6-20(17,18)7-11(10)15-13(16)9-5-19-12-4-2-1-3-8(9)12/h1-5,10-11H,6-7H2,(H,15,16). The van der Waals surface area contributed by atoms with Gasteiger partial charge in [0.25, 0.3) is 5.91 Å². The number of nitrogens with one attached hydrogen (secondary N) is 1. The molecule has 106 valence electrons. The van der Waals surface area contributed by atoms with Gasteiger partial charge in [0.1, 0.15) is 0 Å². The number of amides is 1. The Bertz CT molecular complexity index is 769. The van der Waals surface area contributed by atoms with E-state index in [4.69, 9.17) is 11.6 Å². The maximum atomic E-state index is 12.3. The third-order valence-electron chi connectivity index (χ3n) is 3.33. The number of hydrogen-bond donors (Lipinski definition) is 1. The van der Waals surface area contributed by atoms with Crippen LogP contribution in [0.15, 0.2) is 29.6 Å². The number of carbonyl (C=O) groups is 1. The summed E-state index contributed by atoms with van der Waals surface area (Å²) in [5, 5.41) is 4.84. The van der Waals surface area contributed by atoms with Crippen LogP contribution in [0.1, 0.15) is 10.4 Å². The van der Waals surface area contributed by atoms with Crippen LogP contribution in [0.4, 0.5) is 0 Å². The summed E-state index contributed by atoms with van der Waals surface area (Å²) in [6.45, 7) is 0. The van der Waals surface area contributed by atoms with Gasteiger partial charge in [0, 0.05) is 15.5 Å². The normalized spacial score (nSPS) is 24.9. The molecule has 1 aliphatic rings. The Morgan fingerprint density at radius 3 is 2.75 bits per heavy atom. The fraction of sp³-hybridized carbons (Fsp3) is 0.308. The van der Waals surface area contributed by atoms with Gasteiger partial charge in [-0.25, -0.2) is 8.42 Å². The van der Waals surface area contributed by atoms with Crippen molar-refractivity contribution in [2.45, 2.75) is 11.4 Å². The maximum absolute atomic E-state index is 12.3. The topological polar surface area (TPSA) is 63.2 Å². The summed E-state index contributed by atoms with van der Waals surface area (Å²) in [4.78, 5) is 12.3. The predicted octanol–water partition coefficient (Wildman–Crippen LogP) is 2.04. The molecule has 4 nitrogen and oxygen atoms in total. The van der Waals surface area contributed by atoms with Gasteiger partial charge in [0.05, 0.1) is 28.5 Å². The summed E-state index contributed by atoms with van der Waals surface area (Å²) < 4.78 is 24.0. The Balaban J connectivity index is 1.84. The van der Waals surface area contributed by atoms with Crippen molar-refractivity contribution in [3.63, 3.8) is 0 Å². The number of sulfone groups is 1. The predicted molar refractivity (Wildman–Crippen MR) is 81.4 cm³/mol. The van der Waals surface area contributed by atoms with Gasteiger partial charge in [-0.3, -0.25) is 4.79 Å². The molecule has 2 unspecified atom stereocenters. The smallest absolute Gasteiger partial charge is 0.253 e. The summed E-state index contributed by atoms with van der Waals surface area (Å²) >= 11 is 7.48. The van der Waals surface area contributed by atoms with Crippen molar-refractivity contribution in [1.82, 2.24) is 5.32 Å². The minimum atomic E-state index is -3.15. The van der Waals surface area contributed by atoms with E-state index in [1.807, 2.05) is 24.3 Å². The van der Waals surface area contributed by atoms with E-state index in [9.17, 15) is 13.2 Å². The Labute approximate surface area is 125 Å². The van der Waals surface area contributed by atoms with E-state index in [-0.39, 0.29) is 17.4 Å². The molecule has 0 bridgehead atoms. The molecule has 1 aliphatic heterocycles. The van der Waals surface area contributed by atoms with Crippen LogP contribution in [0.3, 0.4) is 0 Å². The number of alkyl halides is 1. The Morgan fingerprint density at radius 2 is 2.05 bits per heavy atom. The van der Waals surface area contributed by atoms with Crippen molar-refractivity contribution in [3.05, 3.63) is 35.2 Å². The highest BCUT2D eigenvalue weighted by Crippen LogP contribution is 2.26. The molecule has 3 rings (SSSR count). The Kier molecular flexibility index (Phi) is 3.48. The third kappa shape index (κ3) is 2.55. The van der Waals surface area contributed by atoms with Crippen molar-refractivity contribution in [2.75, 3.05) is 11.5 Å². The second-order valence-corrected chi connectivity index (χ2v) is 8.44. The molecule has 20 heavy (non-hydrogen) atoms. The quantitative estimate of drug-likeness (QED) is 0.858. The first-order valence-corrected chi connectivity index (χ1v) is 9.21. The molecule has 1 aromatic carbocycles. The van der Waals surface area contributed by atoms with E-state index in [0.717, 1.165) is 10.1 Å². The van der Waals surface area contributed by atoms with Crippen molar-refractivity contribution < 1.29 is 13.2 Å². The van der Waals surface area contributed by atoms with E-state index >= 15 is 0 Å². The molecule has 2 aromatic rings. The molecule has 0 radical (unpaired) electrons. The lowest BCUT2D eigenvalue weighted by atomic mass is 10.1. The van der Waals surface area contributed by atoms with E-state index < -0.39 is 21.3 Å². The van der Waals surface area contributed by atoms with Crippen LogP contribution in [-0.2, 0) is 9.84 Å². The molecule has 7 heteroatoms. The maximum Gasteiger partial charge on any atom is 0.253 e. The monoisotopic (exact) mass is 329 g/mol. The molecule has 1 saturated heterocycles. The molecule has 1 fully saturated rings. The largest absolute Gasteiger partial charge is 0.347 e. The molecule has 1 N–H and O–H groups in total. The fourth-order valence-electron chi connectivity index (χ4n) is 2.34. The summed E-state index contributed by atoms with van der Waals surface area (Å²) in [7, 11) is -3.15. The van der Waals surface area contributed by atoms with Crippen LogP contribution < -0.4 is 5.32 Å². The number of halogens is 1. The van der Waals surface area contributed by atoms with Crippen LogP contribution in [0, 0.1) is 0 Å². The number of fused-ring (bicyclic) bond motifs is 1. The van der Waals surface area contributed by atoms with Crippen molar-refractivity contribution in [3.8, 4) is 0 Å². The lowest BCUT2D eigenvalue weighted by Gasteiger charge is -2.13. The minimum Gasteiger partial charge on any atom is -0.347 e. The van der Waals surface area contributed by atoms with Crippen LogP contribution in [-0.4, -0.2) is 37.2 Å². The van der Waals surface area contributed by atoms with E-state index in [1.165, 1.54) is 11.3 Å². The average molecular weight is 330 g/mol. The second-order valence-electron chi connectivity index (χ2n) is 4.82. The van der Waals surface area contributed by atoms with Crippen LogP contribution in [0.2, 0.25) is 0 Å². The summed E-state index contributed by atoms with van der Waals surface area (Å²) in [6.07, 6.45) is 0. The second kappa shape index (κ2) is 5.02. The van der Waals surface area contributed by atoms with Crippen LogP contribution >= 0.6 is 22.9 Å². The van der Waals surface area contributed by atoms with Gasteiger partial charge < -0.3 is 5.32 Å². The van der Waals surface area contributed by atoms with Gasteiger partial charge in [-0.05, 0) is 6.07 Å². The third-order valence-corrected chi connectivity index (χ3v) is 6.66. The highest BCUT2D eigenvalue weighted by atomic mass is 35.5. The van der Waals surface area contributed by atoms with Crippen molar-refractivity contribution >= 4 is 48.8 Å². The first-order valence-electron chi connectivity index (χ1n) is 6.08. The molecule has 0 saturated carbocycles. The number of carbonyl (C=O) groups excluding carboxylic acids is 1. The van der Waals surface area contributed by atoms with Crippen molar-refractivity contribution in [2.24, 2.45) is 0 Å². The summed E-state index contributed by atoms with van der Waals surface area (Å²) in [6, 6.07) is 7.09. The molecule has 0 spiro atoms. The molecular formula is C13H12ClNO3S2. The SMILES string of the molecule is O=C(NC1CS(=O)(=O)CC1Cl)c1csc2ccccc12. The number of hydrogen-bond acceptors (Lipinski definition) is 4. The zero-order chi connectivity index (χ0) is 14.3. The minimum absolute atomic E-state index is 0.0795. The average Bonchev–Trinajstić information content (AvgIpc) is 2.90. The molecule has 2 atom stereocenters. The molecule has 0 aliphatic carbocycles. The lowest BCUT2D eigenvalue weighted by molar-refractivity contribution is 0.0943. The molecule has 1 amide bonds. The van der Waals surface area contributed by atoms with Crippen LogP contribution in [0.5, 0.6) is 0 Å². The van der Waals surface area contributed by atoms with E-state index in [0.29, 0.717) is 5.56 Å². The number of thiophene rings is 1. The van der Waals surface area contributed by atoms with Gasteiger partial charge in [-0.2, -0.15) is 0 Å². The Hall–Kier alpha value is -1.11. The first-order chi connectivity index (χ1) is 9.46. The summed E-state index contributed by atoms with van der Waals surface area (Å²) in [5.41, 5.74) is 0.568. The van der Waals surface area contributed by atoms with Gasteiger partial charge in [0.15, 0.2) is 9.84 Å². The molecule has 2 heterocycles. The fourth-order valence-corrected chi connectivity index (χ4v) is 5.83. The zero-order valence-electron chi connectivity index (χ0n) is 10.4. The van der Waals surface area contributed by atoms with Gasteiger partial charge >= 0.3 is 0 Å². The zero-order valence-corrected chi connectivity index (χ0v) is 12.8.